The van der Waals surface area contributed by atoms with Crippen LogP contribution in [0.2, 0.25) is 0 Å². The molecule has 1 amide bonds. The van der Waals surface area contributed by atoms with Crippen LogP contribution >= 0.6 is 22.7 Å². The van der Waals surface area contributed by atoms with Crippen LogP contribution in [0.5, 0.6) is 0 Å². The van der Waals surface area contributed by atoms with Gasteiger partial charge in [0.2, 0.25) is 0 Å². The minimum Gasteiger partial charge on any atom is -0.452 e. The monoisotopic (exact) mass is 369 g/mol. The fraction of sp³-hybridized carbons (Fsp3) is 0.0588. The number of nitrogens with one attached hydrogen (secondary N) is 1. The summed E-state index contributed by atoms with van der Waals surface area (Å²) in [7, 11) is 0. The zero-order chi connectivity index (χ0) is 17.6. The molecule has 3 aromatic rings. The third kappa shape index (κ3) is 4.29. The van der Waals surface area contributed by atoms with Crippen LogP contribution in [0.25, 0.3) is 16.3 Å². The summed E-state index contributed by atoms with van der Waals surface area (Å²) < 4.78 is 5.91. The van der Waals surface area contributed by atoms with Crippen LogP contribution in [-0.4, -0.2) is 23.5 Å². The molecule has 8 heteroatoms. The molecule has 0 spiro atoms. The molecule has 2 aromatic heterocycles. The molecule has 3 rings (SSSR count). The van der Waals surface area contributed by atoms with E-state index in [2.05, 4.69) is 10.3 Å². The second-order valence-corrected chi connectivity index (χ2v) is 6.76. The number of amides is 1. The van der Waals surface area contributed by atoms with Gasteiger partial charge >= 0.3 is 5.97 Å². The van der Waals surface area contributed by atoms with Crippen molar-refractivity contribution in [3.05, 3.63) is 52.4 Å². The summed E-state index contributed by atoms with van der Waals surface area (Å²) in [6.07, 6.45) is 2.79. The fourth-order valence-electron chi connectivity index (χ4n) is 1.94. The molecule has 0 aliphatic heterocycles. The third-order valence-corrected chi connectivity index (χ3v) is 4.89. The zero-order valence-electron chi connectivity index (χ0n) is 12.8. The van der Waals surface area contributed by atoms with Crippen molar-refractivity contribution in [3.8, 4) is 6.07 Å². The lowest BCUT2D eigenvalue weighted by atomic mass is 10.3. The van der Waals surface area contributed by atoms with Crippen molar-refractivity contribution in [2.45, 2.75) is 0 Å². The molecule has 0 saturated carbocycles. The van der Waals surface area contributed by atoms with Gasteiger partial charge in [-0.1, -0.05) is 12.1 Å². The highest BCUT2D eigenvalue weighted by molar-refractivity contribution is 7.19. The number of para-hydroxylation sites is 1. The minimum atomic E-state index is -0.638. The van der Waals surface area contributed by atoms with E-state index in [0.29, 0.717) is 15.6 Å². The molecule has 0 atom stereocenters. The summed E-state index contributed by atoms with van der Waals surface area (Å²) in [6.45, 7) is -0.425. The number of benzene rings is 1. The van der Waals surface area contributed by atoms with E-state index in [9.17, 15) is 9.59 Å². The van der Waals surface area contributed by atoms with Crippen molar-refractivity contribution in [1.29, 1.82) is 5.26 Å². The van der Waals surface area contributed by atoms with E-state index in [1.807, 2.05) is 30.3 Å². The maximum absolute atomic E-state index is 11.7. The number of nitriles is 1. The van der Waals surface area contributed by atoms with Gasteiger partial charge in [0, 0.05) is 6.08 Å². The number of carbonyl (C=O) groups excluding carboxylic acids is 2. The molecule has 0 aliphatic carbocycles. The van der Waals surface area contributed by atoms with Crippen LogP contribution in [-0.2, 0) is 14.3 Å². The average Bonchev–Trinajstić information content (AvgIpc) is 3.23. The van der Waals surface area contributed by atoms with E-state index in [0.717, 1.165) is 10.2 Å². The Hall–Kier alpha value is -3.02. The first-order valence-electron chi connectivity index (χ1n) is 7.13. The average molecular weight is 369 g/mol. The Morgan fingerprint density at radius 1 is 1.32 bits per heavy atom. The normalized spacial score (nSPS) is 10.7. The molecule has 6 nitrogen and oxygen atoms in total. The topological polar surface area (TPSA) is 92.1 Å². The number of ether oxygens (including phenoxy) is 1. The highest BCUT2D eigenvalue weighted by Gasteiger charge is 2.10. The van der Waals surface area contributed by atoms with Crippen LogP contribution < -0.4 is 5.32 Å². The van der Waals surface area contributed by atoms with Crippen LogP contribution in [0.3, 0.4) is 0 Å². The SMILES string of the molecule is N#Cc1ccsc1NC(=O)COC(=O)/C=C/c1nc2ccccc2s1. The van der Waals surface area contributed by atoms with Gasteiger partial charge in [-0.15, -0.1) is 22.7 Å². The largest absolute Gasteiger partial charge is 0.452 e. The van der Waals surface area contributed by atoms with E-state index in [1.165, 1.54) is 28.7 Å². The predicted molar refractivity (Wildman–Crippen MR) is 97.3 cm³/mol. The second-order valence-electron chi connectivity index (χ2n) is 4.78. The standard InChI is InChI=1S/C17H11N3O3S2/c18-9-11-7-8-24-17(11)20-14(21)10-23-16(22)6-5-15-19-12-3-1-2-4-13(12)25-15/h1-8H,10H2,(H,20,21)/b6-5+. The molecule has 0 radical (unpaired) electrons. The first-order valence-corrected chi connectivity index (χ1v) is 8.83. The van der Waals surface area contributed by atoms with Gasteiger partial charge in [-0.25, -0.2) is 9.78 Å². The minimum absolute atomic E-state index is 0.375. The molecule has 0 unspecified atom stereocenters. The molecule has 0 aliphatic rings. The van der Waals surface area contributed by atoms with Gasteiger partial charge in [0.25, 0.3) is 5.91 Å². The maximum atomic E-state index is 11.7. The lowest BCUT2D eigenvalue weighted by Gasteiger charge is -2.03. The summed E-state index contributed by atoms with van der Waals surface area (Å²) in [5.74, 6) is -1.14. The number of thiophene rings is 1. The molecule has 0 bridgehead atoms. The van der Waals surface area contributed by atoms with E-state index in [4.69, 9.17) is 10.00 Å². The van der Waals surface area contributed by atoms with Crippen molar-refractivity contribution in [2.75, 3.05) is 11.9 Å². The van der Waals surface area contributed by atoms with Crippen LogP contribution in [0, 0.1) is 11.3 Å². The molecule has 0 fully saturated rings. The first kappa shape index (κ1) is 16.8. The summed E-state index contributed by atoms with van der Waals surface area (Å²) >= 11 is 2.69. The van der Waals surface area contributed by atoms with Gasteiger partial charge < -0.3 is 10.1 Å². The number of hydrogen-bond donors (Lipinski definition) is 1. The number of thiazole rings is 1. The Labute approximate surface area is 151 Å². The smallest absolute Gasteiger partial charge is 0.331 e. The number of anilines is 1. The number of rotatable bonds is 5. The van der Waals surface area contributed by atoms with E-state index in [-0.39, 0.29) is 0 Å². The first-order chi connectivity index (χ1) is 12.2. The summed E-state index contributed by atoms with van der Waals surface area (Å²) in [4.78, 5) is 27.8. The summed E-state index contributed by atoms with van der Waals surface area (Å²) in [5.41, 5.74) is 1.24. The van der Waals surface area contributed by atoms with E-state index < -0.39 is 18.5 Å². The Kier molecular flexibility index (Phi) is 5.18. The molecular formula is C17H11N3O3S2. The van der Waals surface area contributed by atoms with E-state index in [1.54, 1.807) is 17.5 Å². The molecular weight excluding hydrogens is 358 g/mol. The fourth-order valence-corrected chi connectivity index (χ4v) is 3.57. The number of aromatic nitrogens is 1. The quantitative estimate of drug-likeness (QED) is 0.549. The van der Waals surface area contributed by atoms with Crippen molar-refractivity contribution in [3.63, 3.8) is 0 Å². The third-order valence-electron chi connectivity index (χ3n) is 3.06. The molecule has 25 heavy (non-hydrogen) atoms. The highest BCUT2D eigenvalue weighted by atomic mass is 32.1. The number of carbonyl (C=O) groups is 2. The molecule has 1 N–H and O–H groups in total. The maximum Gasteiger partial charge on any atom is 0.331 e. The Balaban J connectivity index is 1.52. The van der Waals surface area contributed by atoms with Crippen molar-refractivity contribution in [1.82, 2.24) is 4.98 Å². The predicted octanol–water partition coefficient (Wildman–Crippen LogP) is 3.42. The van der Waals surface area contributed by atoms with E-state index >= 15 is 0 Å². The van der Waals surface area contributed by atoms with Crippen molar-refractivity contribution >= 4 is 55.8 Å². The Morgan fingerprint density at radius 2 is 2.16 bits per heavy atom. The highest BCUT2D eigenvalue weighted by Crippen LogP contribution is 2.23. The van der Waals surface area contributed by atoms with Gasteiger partial charge in [0.05, 0.1) is 15.8 Å². The van der Waals surface area contributed by atoms with Crippen LogP contribution in [0.4, 0.5) is 5.00 Å². The molecule has 124 valence electrons. The van der Waals surface area contributed by atoms with Gasteiger partial charge in [-0.05, 0) is 29.7 Å². The summed E-state index contributed by atoms with van der Waals surface area (Å²) in [6, 6.07) is 11.2. The van der Waals surface area contributed by atoms with Gasteiger partial charge in [-0.2, -0.15) is 5.26 Å². The Bertz CT molecular complexity index is 965. The van der Waals surface area contributed by atoms with Crippen molar-refractivity contribution in [2.24, 2.45) is 0 Å². The van der Waals surface area contributed by atoms with Gasteiger partial charge in [0.1, 0.15) is 16.1 Å². The lowest BCUT2D eigenvalue weighted by Crippen LogP contribution is -2.19. The second kappa shape index (κ2) is 7.70. The lowest BCUT2D eigenvalue weighted by molar-refractivity contribution is -0.142. The summed E-state index contributed by atoms with van der Waals surface area (Å²) in [5, 5.41) is 14.2. The Morgan fingerprint density at radius 3 is 2.96 bits per heavy atom. The van der Waals surface area contributed by atoms with Crippen LogP contribution in [0.15, 0.2) is 41.8 Å². The number of fused-ring (bicyclic) bond motifs is 1. The zero-order valence-corrected chi connectivity index (χ0v) is 14.4. The number of nitrogens with zero attached hydrogens (tertiary/aromatic N) is 2. The van der Waals surface area contributed by atoms with Gasteiger partial charge in [0.15, 0.2) is 6.61 Å². The van der Waals surface area contributed by atoms with Crippen LogP contribution in [0.1, 0.15) is 10.6 Å². The van der Waals surface area contributed by atoms with Crippen molar-refractivity contribution < 1.29 is 14.3 Å². The van der Waals surface area contributed by atoms with Gasteiger partial charge in [-0.3, -0.25) is 4.79 Å². The molecule has 1 aromatic carbocycles. The number of hydrogen-bond acceptors (Lipinski definition) is 7. The molecule has 2 heterocycles. The number of esters is 1. The molecule has 0 saturated heterocycles.